The Bertz CT molecular complexity index is 528. The van der Waals surface area contributed by atoms with Crippen LogP contribution < -0.4 is 10.6 Å². The molecule has 0 aliphatic heterocycles. The standard InChI is InChI=1S/C19H32N4OS.HI/c1-23(2)18(24)15-22-19(21-13-11-17-10-6-14-25-17)20-12-5-9-16-7-3-4-8-16;/h6,10,14,16H,3-5,7-9,11-13,15H2,1-2H3,(H2,20,21,22);1H. The third kappa shape index (κ3) is 9.21. The van der Waals surface area contributed by atoms with Gasteiger partial charge in [-0.25, -0.2) is 4.99 Å². The van der Waals surface area contributed by atoms with Gasteiger partial charge in [0.2, 0.25) is 5.91 Å². The number of hydrogen-bond donors (Lipinski definition) is 2. The van der Waals surface area contributed by atoms with E-state index in [2.05, 4.69) is 33.1 Å². The summed E-state index contributed by atoms with van der Waals surface area (Å²) < 4.78 is 0. The van der Waals surface area contributed by atoms with Crippen molar-refractivity contribution in [2.45, 2.75) is 44.9 Å². The molecule has 0 bridgehead atoms. The van der Waals surface area contributed by atoms with Crippen molar-refractivity contribution in [3.63, 3.8) is 0 Å². The molecule has 1 amide bonds. The number of halogens is 1. The molecule has 0 saturated heterocycles. The Morgan fingerprint density at radius 3 is 2.65 bits per heavy atom. The molecule has 2 N–H and O–H groups in total. The van der Waals surface area contributed by atoms with Gasteiger partial charge in [0.15, 0.2) is 5.96 Å². The molecule has 1 aromatic heterocycles. The molecular weight excluding hydrogens is 459 g/mol. The fourth-order valence-corrected chi connectivity index (χ4v) is 3.83. The second-order valence-corrected chi connectivity index (χ2v) is 7.96. The highest BCUT2D eigenvalue weighted by molar-refractivity contribution is 14.0. The maximum absolute atomic E-state index is 11.8. The molecule has 0 aromatic carbocycles. The number of nitrogens with zero attached hydrogens (tertiary/aromatic N) is 2. The Morgan fingerprint density at radius 1 is 1.27 bits per heavy atom. The van der Waals surface area contributed by atoms with E-state index in [1.807, 2.05) is 0 Å². The monoisotopic (exact) mass is 492 g/mol. The third-order valence-corrected chi connectivity index (χ3v) is 5.61. The zero-order chi connectivity index (χ0) is 17.9. The van der Waals surface area contributed by atoms with Gasteiger partial charge in [0, 0.05) is 32.1 Å². The van der Waals surface area contributed by atoms with Crippen LogP contribution in [0.4, 0.5) is 0 Å². The maximum atomic E-state index is 11.8. The van der Waals surface area contributed by atoms with E-state index in [1.165, 1.54) is 37.0 Å². The van der Waals surface area contributed by atoms with Crippen molar-refractivity contribution in [3.05, 3.63) is 22.4 Å². The summed E-state index contributed by atoms with van der Waals surface area (Å²) in [5, 5.41) is 8.84. The number of nitrogens with one attached hydrogen (secondary N) is 2. The molecule has 0 unspecified atom stereocenters. The van der Waals surface area contributed by atoms with Crippen molar-refractivity contribution in [2.75, 3.05) is 33.7 Å². The highest BCUT2D eigenvalue weighted by Crippen LogP contribution is 2.28. The van der Waals surface area contributed by atoms with Crippen molar-refractivity contribution >= 4 is 47.2 Å². The molecule has 2 rings (SSSR count). The summed E-state index contributed by atoms with van der Waals surface area (Å²) in [5.74, 6) is 1.69. The normalized spacial score (nSPS) is 14.8. The fraction of sp³-hybridized carbons (Fsp3) is 0.684. The van der Waals surface area contributed by atoms with Crippen LogP contribution in [0, 0.1) is 5.92 Å². The smallest absolute Gasteiger partial charge is 0.243 e. The van der Waals surface area contributed by atoms with Gasteiger partial charge in [-0.3, -0.25) is 4.79 Å². The Morgan fingerprint density at radius 2 is 2.00 bits per heavy atom. The number of thiophene rings is 1. The lowest BCUT2D eigenvalue weighted by Crippen LogP contribution is -2.40. The zero-order valence-electron chi connectivity index (χ0n) is 16.0. The van der Waals surface area contributed by atoms with Crippen molar-refractivity contribution in [1.82, 2.24) is 15.5 Å². The number of rotatable bonds is 9. The lowest BCUT2D eigenvalue weighted by Gasteiger charge is -2.14. The van der Waals surface area contributed by atoms with E-state index in [1.54, 1.807) is 30.3 Å². The summed E-state index contributed by atoms with van der Waals surface area (Å²) in [6, 6.07) is 4.22. The molecule has 0 radical (unpaired) electrons. The summed E-state index contributed by atoms with van der Waals surface area (Å²) in [5.41, 5.74) is 0. The van der Waals surface area contributed by atoms with Crippen LogP contribution in [0.2, 0.25) is 0 Å². The van der Waals surface area contributed by atoms with Gasteiger partial charge in [-0.1, -0.05) is 31.7 Å². The number of aliphatic imine (C=N–C) groups is 1. The largest absolute Gasteiger partial charge is 0.356 e. The molecule has 7 heteroatoms. The fourth-order valence-electron chi connectivity index (χ4n) is 3.12. The first-order valence-corrected chi connectivity index (χ1v) is 10.3. The SMILES string of the molecule is CN(C)C(=O)CN=C(NCCCC1CCCC1)NCCc1cccs1.I. The number of carbonyl (C=O) groups is 1. The number of hydrogen-bond acceptors (Lipinski definition) is 3. The lowest BCUT2D eigenvalue weighted by atomic mass is 10.0. The second-order valence-electron chi connectivity index (χ2n) is 6.93. The van der Waals surface area contributed by atoms with Gasteiger partial charge >= 0.3 is 0 Å². The summed E-state index contributed by atoms with van der Waals surface area (Å²) in [6.07, 6.45) is 9.05. The molecule has 0 spiro atoms. The molecule has 1 aromatic rings. The van der Waals surface area contributed by atoms with Gasteiger partial charge in [-0.05, 0) is 36.6 Å². The average molecular weight is 492 g/mol. The van der Waals surface area contributed by atoms with Crippen LogP contribution in [0.3, 0.4) is 0 Å². The average Bonchev–Trinajstić information content (AvgIpc) is 3.29. The van der Waals surface area contributed by atoms with Gasteiger partial charge in [-0.15, -0.1) is 35.3 Å². The number of likely N-dealkylation sites (N-methyl/N-ethyl adjacent to an activating group) is 1. The van der Waals surface area contributed by atoms with E-state index in [-0.39, 0.29) is 36.4 Å². The zero-order valence-corrected chi connectivity index (χ0v) is 19.1. The van der Waals surface area contributed by atoms with E-state index in [4.69, 9.17) is 0 Å². The first-order chi connectivity index (χ1) is 12.1. The van der Waals surface area contributed by atoms with Gasteiger partial charge < -0.3 is 15.5 Å². The number of guanidine groups is 1. The van der Waals surface area contributed by atoms with Crippen LogP contribution >= 0.6 is 35.3 Å². The molecule has 1 aliphatic carbocycles. The van der Waals surface area contributed by atoms with E-state index in [0.29, 0.717) is 0 Å². The van der Waals surface area contributed by atoms with Crippen molar-refractivity contribution in [2.24, 2.45) is 10.9 Å². The first-order valence-electron chi connectivity index (χ1n) is 9.40. The minimum atomic E-state index is 0. The van der Waals surface area contributed by atoms with Gasteiger partial charge in [0.05, 0.1) is 0 Å². The van der Waals surface area contributed by atoms with Crippen LogP contribution in [0.1, 0.15) is 43.4 Å². The van der Waals surface area contributed by atoms with E-state index < -0.39 is 0 Å². The Balaban J connectivity index is 0.00000338. The van der Waals surface area contributed by atoms with Crippen LogP contribution in [0.15, 0.2) is 22.5 Å². The second kappa shape index (κ2) is 13.4. The highest BCUT2D eigenvalue weighted by atomic mass is 127. The third-order valence-electron chi connectivity index (χ3n) is 4.67. The highest BCUT2D eigenvalue weighted by Gasteiger charge is 2.14. The van der Waals surface area contributed by atoms with Crippen molar-refractivity contribution in [1.29, 1.82) is 0 Å². The molecule has 26 heavy (non-hydrogen) atoms. The predicted octanol–water partition coefficient (Wildman–Crippen LogP) is 3.50. The Labute approximate surface area is 179 Å². The Hall–Kier alpha value is -0.830. The molecule has 148 valence electrons. The van der Waals surface area contributed by atoms with Crippen LogP contribution in [-0.2, 0) is 11.2 Å². The van der Waals surface area contributed by atoms with E-state index >= 15 is 0 Å². The molecule has 1 saturated carbocycles. The van der Waals surface area contributed by atoms with E-state index in [9.17, 15) is 4.79 Å². The minimum absolute atomic E-state index is 0. The summed E-state index contributed by atoms with van der Waals surface area (Å²) in [4.78, 5) is 19.2. The molecule has 1 heterocycles. The van der Waals surface area contributed by atoms with Crippen molar-refractivity contribution < 1.29 is 4.79 Å². The molecule has 1 fully saturated rings. The molecule has 5 nitrogen and oxygen atoms in total. The van der Waals surface area contributed by atoms with Crippen LogP contribution in [0.25, 0.3) is 0 Å². The van der Waals surface area contributed by atoms with Crippen LogP contribution in [-0.4, -0.2) is 50.5 Å². The Kier molecular flexibility index (Phi) is 11.9. The first kappa shape index (κ1) is 23.2. The maximum Gasteiger partial charge on any atom is 0.243 e. The van der Waals surface area contributed by atoms with Gasteiger partial charge in [0.25, 0.3) is 0 Å². The minimum Gasteiger partial charge on any atom is -0.356 e. The quantitative estimate of drug-likeness (QED) is 0.240. The predicted molar refractivity (Wildman–Crippen MR) is 122 cm³/mol. The van der Waals surface area contributed by atoms with Crippen LogP contribution in [0.5, 0.6) is 0 Å². The van der Waals surface area contributed by atoms with Crippen molar-refractivity contribution in [3.8, 4) is 0 Å². The summed E-state index contributed by atoms with van der Waals surface area (Å²) in [7, 11) is 3.52. The lowest BCUT2D eigenvalue weighted by molar-refractivity contribution is -0.127. The van der Waals surface area contributed by atoms with E-state index in [0.717, 1.165) is 37.8 Å². The van der Waals surface area contributed by atoms with Gasteiger partial charge in [0.1, 0.15) is 6.54 Å². The molecule has 1 aliphatic rings. The summed E-state index contributed by atoms with van der Waals surface area (Å²) >= 11 is 1.77. The number of amides is 1. The molecule has 0 atom stereocenters. The summed E-state index contributed by atoms with van der Waals surface area (Å²) in [6.45, 7) is 1.92. The molecular formula is C19H33IN4OS. The topological polar surface area (TPSA) is 56.7 Å². The number of carbonyl (C=O) groups excluding carboxylic acids is 1. The van der Waals surface area contributed by atoms with Gasteiger partial charge in [-0.2, -0.15) is 0 Å².